The first-order chi connectivity index (χ1) is 10.3. The summed E-state index contributed by atoms with van der Waals surface area (Å²) in [5.41, 5.74) is 1.23. The maximum absolute atomic E-state index is 12.1. The second-order valence-corrected chi connectivity index (χ2v) is 4.42. The summed E-state index contributed by atoms with van der Waals surface area (Å²) in [6.45, 7) is 1.69. The number of para-hydroxylation sites is 1. The van der Waals surface area contributed by atoms with E-state index in [0.717, 1.165) is 12.1 Å². The van der Waals surface area contributed by atoms with Crippen molar-refractivity contribution in [1.82, 2.24) is 0 Å². The van der Waals surface area contributed by atoms with Crippen LogP contribution in [-0.2, 0) is 0 Å². The van der Waals surface area contributed by atoms with E-state index >= 15 is 0 Å². The fourth-order valence-corrected chi connectivity index (χ4v) is 1.85. The summed E-state index contributed by atoms with van der Waals surface area (Å²) < 4.78 is 40.0. The number of rotatable bonds is 4. The zero-order valence-electron chi connectivity index (χ0n) is 11.3. The summed E-state index contributed by atoms with van der Waals surface area (Å²) >= 11 is 0. The molecule has 0 fully saturated rings. The summed E-state index contributed by atoms with van der Waals surface area (Å²) in [7, 11) is 0. The Labute approximate surface area is 123 Å². The van der Waals surface area contributed by atoms with Crippen molar-refractivity contribution < 1.29 is 22.8 Å². The molecule has 0 spiro atoms. The van der Waals surface area contributed by atoms with Gasteiger partial charge in [0.05, 0.1) is 4.92 Å². The van der Waals surface area contributed by atoms with Gasteiger partial charge in [-0.2, -0.15) is 0 Å². The molecule has 0 aliphatic rings. The van der Waals surface area contributed by atoms with Gasteiger partial charge in [0.25, 0.3) is 5.69 Å². The van der Waals surface area contributed by atoms with E-state index < -0.39 is 11.3 Å². The molecule has 0 atom stereocenters. The lowest BCUT2D eigenvalue weighted by molar-refractivity contribution is -0.384. The summed E-state index contributed by atoms with van der Waals surface area (Å²) in [5, 5.41) is 13.8. The van der Waals surface area contributed by atoms with Gasteiger partial charge < -0.3 is 10.1 Å². The van der Waals surface area contributed by atoms with Crippen LogP contribution in [0.4, 0.5) is 30.2 Å². The van der Waals surface area contributed by atoms with Gasteiger partial charge >= 0.3 is 6.36 Å². The zero-order chi connectivity index (χ0) is 16.3. The van der Waals surface area contributed by atoms with Gasteiger partial charge in [0.2, 0.25) is 0 Å². The van der Waals surface area contributed by atoms with E-state index in [9.17, 15) is 23.3 Å². The number of hydrogen-bond acceptors (Lipinski definition) is 4. The van der Waals surface area contributed by atoms with Crippen molar-refractivity contribution in [2.45, 2.75) is 13.3 Å². The maximum atomic E-state index is 12.1. The number of nitrogens with zero attached hydrogens (tertiary/aromatic N) is 1. The first-order valence-corrected chi connectivity index (χ1v) is 6.13. The molecule has 2 aromatic carbocycles. The molecule has 2 rings (SSSR count). The number of halogens is 3. The van der Waals surface area contributed by atoms with E-state index in [0.29, 0.717) is 11.3 Å². The van der Waals surface area contributed by atoms with Gasteiger partial charge in [0, 0.05) is 11.8 Å². The minimum Gasteiger partial charge on any atom is -0.406 e. The highest BCUT2D eigenvalue weighted by Gasteiger charge is 2.31. The van der Waals surface area contributed by atoms with Crippen molar-refractivity contribution in [3.05, 3.63) is 58.1 Å². The zero-order valence-corrected chi connectivity index (χ0v) is 11.3. The summed E-state index contributed by atoms with van der Waals surface area (Å²) in [4.78, 5) is 10.5. The first kappa shape index (κ1) is 15.6. The van der Waals surface area contributed by atoms with Gasteiger partial charge in [-0.15, -0.1) is 13.2 Å². The number of nitrogens with one attached hydrogen (secondary N) is 1. The number of benzene rings is 2. The molecular formula is C14H11F3N2O3. The van der Waals surface area contributed by atoms with Gasteiger partial charge in [-0.25, -0.2) is 0 Å². The third-order valence-corrected chi connectivity index (χ3v) is 2.80. The lowest BCUT2D eigenvalue weighted by Gasteiger charge is -2.12. The molecule has 116 valence electrons. The fraction of sp³-hybridized carbons (Fsp3) is 0.143. The highest BCUT2D eigenvalue weighted by atomic mass is 19.4. The number of aryl methyl sites for hydroxylation is 1. The fourth-order valence-electron chi connectivity index (χ4n) is 1.85. The van der Waals surface area contributed by atoms with E-state index in [1.54, 1.807) is 19.1 Å². The van der Waals surface area contributed by atoms with E-state index in [4.69, 9.17) is 0 Å². The van der Waals surface area contributed by atoms with Crippen molar-refractivity contribution in [3.63, 3.8) is 0 Å². The van der Waals surface area contributed by atoms with Gasteiger partial charge in [-0.3, -0.25) is 10.1 Å². The van der Waals surface area contributed by atoms with Crippen LogP contribution in [0.3, 0.4) is 0 Å². The number of hydrogen-bond donors (Lipinski definition) is 1. The third kappa shape index (κ3) is 3.87. The van der Waals surface area contributed by atoms with Crippen LogP contribution >= 0.6 is 0 Å². The molecule has 0 bridgehead atoms. The Morgan fingerprint density at radius 2 is 1.77 bits per heavy atom. The second kappa shape index (κ2) is 5.92. The van der Waals surface area contributed by atoms with Crippen molar-refractivity contribution in [3.8, 4) is 5.75 Å². The number of nitro groups is 1. The van der Waals surface area contributed by atoms with Crippen LogP contribution < -0.4 is 10.1 Å². The second-order valence-electron chi connectivity index (χ2n) is 4.42. The molecule has 1 N–H and O–H groups in total. The largest absolute Gasteiger partial charge is 0.573 e. The standard InChI is InChI=1S/C14H11F3N2O3/c1-9-3-2-4-12(19(20)21)13(9)18-10-5-7-11(8-6-10)22-14(15,16)17/h2-8,18H,1H3. The number of nitro benzene ring substituents is 1. The molecule has 5 nitrogen and oxygen atoms in total. The van der Waals surface area contributed by atoms with Crippen LogP contribution in [0.5, 0.6) is 5.75 Å². The molecule has 0 heterocycles. The molecular weight excluding hydrogens is 301 g/mol. The van der Waals surface area contributed by atoms with Crippen molar-refractivity contribution in [2.24, 2.45) is 0 Å². The molecule has 0 radical (unpaired) electrons. The molecule has 0 aromatic heterocycles. The Kier molecular flexibility index (Phi) is 4.20. The molecule has 8 heteroatoms. The molecule has 0 saturated heterocycles. The van der Waals surface area contributed by atoms with Gasteiger partial charge in [-0.1, -0.05) is 12.1 Å². The predicted molar refractivity (Wildman–Crippen MR) is 74.2 cm³/mol. The van der Waals surface area contributed by atoms with Gasteiger partial charge in [0.15, 0.2) is 0 Å². The number of ether oxygens (including phenoxy) is 1. The molecule has 0 aliphatic heterocycles. The Hall–Kier alpha value is -2.77. The summed E-state index contributed by atoms with van der Waals surface area (Å²) in [6, 6.07) is 9.53. The lowest BCUT2D eigenvalue weighted by atomic mass is 10.1. The van der Waals surface area contributed by atoms with Crippen LogP contribution in [0, 0.1) is 17.0 Å². The van der Waals surface area contributed by atoms with E-state index in [1.165, 1.54) is 18.2 Å². The van der Waals surface area contributed by atoms with E-state index in [2.05, 4.69) is 10.1 Å². The smallest absolute Gasteiger partial charge is 0.406 e. The highest BCUT2D eigenvalue weighted by Crippen LogP contribution is 2.31. The monoisotopic (exact) mass is 312 g/mol. The average molecular weight is 312 g/mol. The SMILES string of the molecule is Cc1cccc([N+](=O)[O-])c1Nc1ccc(OC(F)(F)F)cc1. The van der Waals surface area contributed by atoms with Crippen LogP contribution in [0.25, 0.3) is 0 Å². The molecule has 0 aliphatic carbocycles. The number of alkyl halides is 3. The van der Waals surface area contributed by atoms with Crippen molar-refractivity contribution in [1.29, 1.82) is 0 Å². The van der Waals surface area contributed by atoms with Crippen LogP contribution in [0.15, 0.2) is 42.5 Å². The van der Waals surface area contributed by atoms with Gasteiger partial charge in [-0.05, 0) is 36.8 Å². The molecule has 0 amide bonds. The first-order valence-electron chi connectivity index (χ1n) is 6.13. The molecule has 0 saturated carbocycles. The third-order valence-electron chi connectivity index (χ3n) is 2.80. The summed E-state index contributed by atoms with van der Waals surface area (Å²) in [6.07, 6.45) is -4.76. The minimum absolute atomic E-state index is 0.115. The normalized spacial score (nSPS) is 11.1. The summed E-state index contributed by atoms with van der Waals surface area (Å²) in [5.74, 6) is -0.364. The topological polar surface area (TPSA) is 64.4 Å². The number of anilines is 2. The molecule has 2 aromatic rings. The van der Waals surface area contributed by atoms with Crippen LogP contribution in [0.2, 0.25) is 0 Å². The van der Waals surface area contributed by atoms with Gasteiger partial charge in [0.1, 0.15) is 11.4 Å². The minimum atomic E-state index is -4.76. The lowest BCUT2D eigenvalue weighted by Crippen LogP contribution is -2.16. The quantitative estimate of drug-likeness (QED) is 0.664. The van der Waals surface area contributed by atoms with E-state index in [1.807, 2.05) is 0 Å². The molecule has 0 unspecified atom stereocenters. The Morgan fingerprint density at radius 3 is 2.32 bits per heavy atom. The maximum Gasteiger partial charge on any atom is 0.573 e. The average Bonchev–Trinajstić information content (AvgIpc) is 2.41. The Morgan fingerprint density at radius 1 is 1.14 bits per heavy atom. The Balaban J connectivity index is 2.23. The van der Waals surface area contributed by atoms with Crippen molar-refractivity contribution in [2.75, 3.05) is 5.32 Å². The predicted octanol–water partition coefficient (Wildman–Crippen LogP) is 4.55. The van der Waals surface area contributed by atoms with E-state index in [-0.39, 0.29) is 17.1 Å². The highest BCUT2D eigenvalue weighted by molar-refractivity contribution is 5.72. The Bertz CT molecular complexity index is 685. The van der Waals surface area contributed by atoms with Crippen LogP contribution in [-0.4, -0.2) is 11.3 Å². The van der Waals surface area contributed by atoms with Crippen molar-refractivity contribution >= 4 is 17.1 Å². The van der Waals surface area contributed by atoms with Crippen LogP contribution in [0.1, 0.15) is 5.56 Å². The molecule has 22 heavy (non-hydrogen) atoms.